The third kappa shape index (κ3) is 5.18. The Morgan fingerprint density at radius 3 is 1.63 bits per heavy atom. The zero-order valence-corrected chi connectivity index (χ0v) is 27.1. The van der Waals surface area contributed by atoms with E-state index in [-0.39, 0.29) is 0 Å². The lowest BCUT2D eigenvalue weighted by Crippen LogP contribution is -2.00. The van der Waals surface area contributed by atoms with Crippen LogP contribution in [0.25, 0.3) is 87.3 Å². The fourth-order valence-electron chi connectivity index (χ4n) is 6.59. The Kier molecular flexibility index (Phi) is 7.57. The van der Waals surface area contributed by atoms with E-state index in [9.17, 15) is 15.8 Å². The summed E-state index contributed by atoms with van der Waals surface area (Å²) in [6.45, 7) is 14.9. The van der Waals surface area contributed by atoms with E-state index >= 15 is 0 Å². The van der Waals surface area contributed by atoms with Gasteiger partial charge in [-0.1, -0.05) is 91.0 Å². The second-order valence-corrected chi connectivity index (χ2v) is 11.9. The maximum Gasteiger partial charge on any atom is 0.187 e. The molecule has 0 aliphatic rings. The van der Waals surface area contributed by atoms with E-state index in [1.54, 1.807) is 48.5 Å². The molecule has 8 rings (SSSR count). The van der Waals surface area contributed by atoms with Crippen molar-refractivity contribution in [2.75, 3.05) is 0 Å². The smallest absolute Gasteiger partial charge is 0.187 e. The molecule has 2 heterocycles. The summed E-state index contributed by atoms with van der Waals surface area (Å²) in [5, 5.41) is 32.3. The Bertz CT molecular complexity index is 2970. The van der Waals surface area contributed by atoms with Gasteiger partial charge in [-0.3, -0.25) is 0 Å². The second-order valence-electron chi connectivity index (χ2n) is 11.9. The van der Waals surface area contributed by atoms with Gasteiger partial charge in [0.1, 0.15) is 0 Å². The van der Waals surface area contributed by atoms with Crippen LogP contribution in [-0.4, -0.2) is 15.0 Å². The van der Waals surface area contributed by atoms with Gasteiger partial charge in [0.15, 0.2) is 11.4 Å². The number of para-hydroxylation sites is 1. The molecule has 0 saturated heterocycles. The van der Waals surface area contributed by atoms with Crippen LogP contribution < -0.4 is 0 Å². The highest BCUT2D eigenvalue weighted by Gasteiger charge is 2.23. The summed E-state index contributed by atoms with van der Waals surface area (Å²) in [6, 6.07) is 43.1. The summed E-state index contributed by atoms with van der Waals surface area (Å²) in [6.07, 6.45) is 0. The lowest BCUT2D eigenvalue weighted by molar-refractivity contribution is 1.30. The largest absolute Gasteiger partial charge is 0.247 e. The third-order valence-corrected chi connectivity index (χ3v) is 8.95. The number of pyridine rings is 1. The number of rotatable bonds is 4. The lowest BCUT2D eigenvalue weighted by Gasteiger charge is -2.18. The number of hydrogen-bond acceptors (Lipinski definition) is 6. The quantitative estimate of drug-likeness (QED) is 0.137. The Labute approximate surface area is 298 Å². The maximum atomic E-state index is 10.7. The van der Waals surface area contributed by atoms with E-state index in [2.05, 4.69) is 27.9 Å². The number of nitriles is 3. The summed E-state index contributed by atoms with van der Waals surface area (Å²) < 4.78 is 0. The van der Waals surface area contributed by atoms with E-state index in [4.69, 9.17) is 28.1 Å². The molecule has 0 saturated carbocycles. The predicted molar refractivity (Wildman–Crippen MR) is 201 cm³/mol. The topological polar surface area (TPSA) is 119 Å². The highest BCUT2D eigenvalue weighted by molar-refractivity contribution is 6.22. The van der Waals surface area contributed by atoms with E-state index < -0.39 is 0 Å². The number of nitrogens with zero attached hydrogens (tertiary/aromatic N) is 8. The van der Waals surface area contributed by atoms with Crippen LogP contribution in [0.15, 0.2) is 121 Å². The summed E-state index contributed by atoms with van der Waals surface area (Å²) in [7, 11) is 0. The van der Waals surface area contributed by atoms with Gasteiger partial charge < -0.3 is 0 Å². The van der Waals surface area contributed by atoms with Crippen molar-refractivity contribution in [3.8, 4) is 63.1 Å². The molecule has 0 bridgehead atoms. The SMILES string of the molecule is [C-]#[N+]c1ccc(-c2nc3cc(C#N)c4c5ccccc5nc(-c5ccccc5-c5cc(C#N)cc(C#N)c5)c4c3nc2-c2ccc([N+]#[C-])cc2)cc1. The summed E-state index contributed by atoms with van der Waals surface area (Å²) in [4.78, 5) is 22.8. The van der Waals surface area contributed by atoms with Crippen molar-refractivity contribution in [1.82, 2.24) is 15.0 Å². The number of aromatic nitrogens is 3. The van der Waals surface area contributed by atoms with Gasteiger partial charge in [-0.2, -0.15) is 15.8 Å². The molecule has 236 valence electrons. The fourth-order valence-corrected chi connectivity index (χ4v) is 6.59. The van der Waals surface area contributed by atoms with Crippen LogP contribution in [0, 0.1) is 47.1 Å². The van der Waals surface area contributed by atoms with Crippen LogP contribution in [0.3, 0.4) is 0 Å². The van der Waals surface area contributed by atoms with Gasteiger partial charge in [-0.05, 0) is 52.6 Å². The van der Waals surface area contributed by atoms with Gasteiger partial charge >= 0.3 is 0 Å². The molecule has 0 unspecified atom stereocenters. The normalized spacial score (nSPS) is 10.6. The molecule has 0 fully saturated rings. The Morgan fingerprint density at radius 1 is 0.481 bits per heavy atom. The van der Waals surface area contributed by atoms with E-state index in [1.807, 2.05) is 72.8 Å². The average molecular weight is 661 g/mol. The molecule has 0 radical (unpaired) electrons. The first kappa shape index (κ1) is 31.1. The number of hydrogen-bond donors (Lipinski definition) is 0. The van der Waals surface area contributed by atoms with Crippen molar-refractivity contribution in [3.63, 3.8) is 0 Å². The minimum Gasteiger partial charge on any atom is -0.247 e. The van der Waals surface area contributed by atoms with Gasteiger partial charge in [0, 0.05) is 21.7 Å². The van der Waals surface area contributed by atoms with Crippen molar-refractivity contribution < 1.29 is 0 Å². The zero-order valence-electron chi connectivity index (χ0n) is 27.1. The minimum absolute atomic E-state index is 0.356. The minimum atomic E-state index is 0.356. The molecular formula is C44H20N8. The first-order valence-corrected chi connectivity index (χ1v) is 16.0. The fraction of sp³-hybridized carbons (Fsp3) is 0. The zero-order chi connectivity index (χ0) is 35.8. The molecule has 0 amide bonds. The molecule has 0 aliphatic carbocycles. The van der Waals surface area contributed by atoms with Crippen molar-refractivity contribution in [1.29, 1.82) is 15.8 Å². The van der Waals surface area contributed by atoms with Gasteiger partial charge in [0.25, 0.3) is 0 Å². The standard InChI is InChI=1S/C44H20N8/c1-48-32-15-11-28(12-16-32)41-42(29-13-17-33(49-2)18-14-29)52-44-38(51-41)22-31(25-47)39-36-9-5-6-10-37(36)50-43(40(39)44)35-8-4-3-7-34(35)30-20-26(23-45)19-27(21-30)24-46/h3-22H. The Balaban J connectivity index is 1.54. The summed E-state index contributed by atoms with van der Waals surface area (Å²) in [5.74, 6) is 0. The van der Waals surface area contributed by atoms with Crippen LogP contribution in [0.5, 0.6) is 0 Å². The molecule has 6 aromatic carbocycles. The van der Waals surface area contributed by atoms with E-state index in [0.717, 1.165) is 27.6 Å². The first-order chi connectivity index (χ1) is 25.5. The molecule has 2 aromatic heterocycles. The van der Waals surface area contributed by atoms with Crippen LogP contribution in [0.1, 0.15) is 16.7 Å². The average Bonchev–Trinajstić information content (AvgIpc) is 3.22. The molecule has 52 heavy (non-hydrogen) atoms. The van der Waals surface area contributed by atoms with Gasteiger partial charge in [-0.15, -0.1) is 0 Å². The highest BCUT2D eigenvalue weighted by atomic mass is 14.8. The molecular weight excluding hydrogens is 641 g/mol. The Morgan fingerprint density at radius 2 is 1.04 bits per heavy atom. The molecule has 0 aliphatic heterocycles. The monoisotopic (exact) mass is 660 g/mol. The van der Waals surface area contributed by atoms with Gasteiger partial charge in [-0.25, -0.2) is 24.6 Å². The van der Waals surface area contributed by atoms with Crippen molar-refractivity contribution >= 4 is 44.1 Å². The number of benzene rings is 6. The van der Waals surface area contributed by atoms with Gasteiger partial charge in [0.2, 0.25) is 0 Å². The van der Waals surface area contributed by atoms with E-state index in [0.29, 0.717) is 78.0 Å². The van der Waals surface area contributed by atoms with E-state index in [1.165, 1.54) is 0 Å². The molecule has 0 atom stereocenters. The predicted octanol–water partition coefficient (Wildman–Crippen LogP) is 10.7. The van der Waals surface area contributed by atoms with Crippen LogP contribution in [-0.2, 0) is 0 Å². The first-order valence-electron chi connectivity index (χ1n) is 16.0. The van der Waals surface area contributed by atoms with Crippen molar-refractivity contribution in [3.05, 3.63) is 161 Å². The van der Waals surface area contributed by atoms with Crippen molar-refractivity contribution in [2.45, 2.75) is 0 Å². The third-order valence-electron chi connectivity index (χ3n) is 8.95. The molecule has 8 heteroatoms. The van der Waals surface area contributed by atoms with Crippen molar-refractivity contribution in [2.24, 2.45) is 0 Å². The lowest BCUT2D eigenvalue weighted by atomic mass is 9.90. The number of fused-ring (bicyclic) bond motifs is 5. The molecule has 0 spiro atoms. The van der Waals surface area contributed by atoms with Crippen LogP contribution in [0.4, 0.5) is 11.4 Å². The second kappa shape index (κ2) is 12.7. The summed E-state index contributed by atoms with van der Waals surface area (Å²) in [5.41, 5.74) is 9.03. The van der Waals surface area contributed by atoms with Crippen LogP contribution in [0.2, 0.25) is 0 Å². The summed E-state index contributed by atoms with van der Waals surface area (Å²) >= 11 is 0. The van der Waals surface area contributed by atoms with Crippen LogP contribution >= 0.6 is 0 Å². The highest BCUT2D eigenvalue weighted by Crippen LogP contribution is 2.43. The Hall–Kier alpha value is -8.22. The molecule has 8 aromatic rings. The van der Waals surface area contributed by atoms with Gasteiger partial charge in [0.05, 0.1) is 81.7 Å². The molecule has 8 nitrogen and oxygen atoms in total. The maximum absolute atomic E-state index is 10.7. The molecule has 0 N–H and O–H groups in total.